The Morgan fingerprint density at radius 3 is 2.14 bits per heavy atom. The summed E-state index contributed by atoms with van der Waals surface area (Å²) in [6.07, 6.45) is 3.11. The molecule has 0 aromatic heterocycles. The van der Waals surface area contributed by atoms with Crippen molar-refractivity contribution in [1.29, 1.82) is 0 Å². The first-order valence-electron chi connectivity index (χ1n) is 14.7. The highest BCUT2D eigenvalue weighted by Gasteiger charge is 2.31. The molecule has 7 heteroatoms. The summed E-state index contributed by atoms with van der Waals surface area (Å²) >= 11 is 0. The van der Waals surface area contributed by atoms with Crippen LogP contribution in [-0.4, -0.2) is 43.8 Å². The van der Waals surface area contributed by atoms with Gasteiger partial charge in [0.05, 0.1) is 13.7 Å². The lowest BCUT2D eigenvalue weighted by atomic mass is 10.00. The Bertz CT molecular complexity index is 1550. The third-order valence-electron chi connectivity index (χ3n) is 7.43. The molecule has 0 aliphatic heterocycles. The van der Waals surface area contributed by atoms with Gasteiger partial charge in [-0.2, -0.15) is 0 Å². The third-order valence-corrected chi connectivity index (χ3v) is 7.43. The van der Waals surface area contributed by atoms with E-state index in [1.807, 2.05) is 72.8 Å². The van der Waals surface area contributed by atoms with Crippen LogP contribution in [-0.2, 0) is 16.0 Å². The van der Waals surface area contributed by atoms with Crippen molar-refractivity contribution in [1.82, 2.24) is 0 Å². The normalized spacial score (nSPS) is 13.0. The number of ether oxygens (including phenoxy) is 2. The van der Waals surface area contributed by atoms with Crippen LogP contribution < -0.4 is 15.4 Å². The summed E-state index contributed by atoms with van der Waals surface area (Å²) in [7, 11) is 1.35. The van der Waals surface area contributed by atoms with Crippen LogP contribution in [0.5, 0.6) is 5.75 Å². The number of hydrogen-bond acceptors (Lipinski definition) is 7. The molecule has 4 aromatic rings. The number of carbonyl (C=O) groups is 3. The van der Waals surface area contributed by atoms with E-state index in [1.54, 1.807) is 30.3 Å². The zero-order chi connectivity index (χ0) is 30.0. The molecular weight excluding hydrogens is 540 g/mol. The molecule has 1 saturated carbocycles. The van der Waals surface area contributed by atoms with Crippen molar-refractivity contribution in [2.24, 2.45) is 5.92 Å². The molecule has 5 rings (SSSR count). The van der Waals surface area contributed by atoms with Crippen LogP contribution in [0.1, 0.15) is 51.1 Å². The predicted molar refractivity (Wildman–Crippen MR) is 168 cm³/mol. The third kappa shape index (κ3) is 7.89. The molecule has 0 amide bonds. The van der Waals surface area contributed by atoms with Crippen LogP contribution in [0.25, 0.3) is 0 Å². The van der Waals surface area contributed by atoms with E-state index in [1.165, 1.54) is 7.11 Å². The number of ketones is 2. The van der Waals surface area contributed by atoms with Gasteiger partial charge in [-0.25, -0.2) is 4.79 Å². The number of Topliss-reactive ketones (excluding diaryl/α,β-unsaturated/α-hetero) is 1. The van der Waals surface area contributed by atoms with E-state index in [2.05, 4.69) is 10.6 Å². The zero-order valence-corrected chi connectivity index (χ0v) is 24.3. The van der Waals surface area contributed by atoms with Gasteiger partial charge < -0.3 is 20.1 Å². The van der Waals surface area contributed by atoms with Gasteiger partial charge in [0.25, 0.3) is 0 Å². The Labute approximate surface area is 252 Å². The van der Waals surface area contributed by atoms with Gasteiger partial charge in [-0.3, -0.25) is 9.59 Å². The Balaban J connectivity index is 1.14. The molecule has 0 bridgehead atoms. The molecule has 1 atom stereocenters. The molecule has 1 aliphatic carbocycles. The van der Waals surface area contributed by atoms with Gasteiger partial charge >= 0.3 is 5.97 Å². The molecule has 1 unspecified atom stereocenters. The van der Waals surface area contributed by atoms with E-state index in [-0.39, 0.29) is 17.5 Å². The number of anilines is 2. The predicted octanol–water partition coefficient (Wildman–Crippen LogP) is 6.59. The first kappa shape index (κ1) is 29.6. The van der Waals surface area contributed by atoms with Crippen LogP contribution in [0.2, 0.25) is 0 Å². The van der Waals surface area contributed by atoms with Crippen molar-refractivity contribution in [3.63, 3.8) is 0 Å². The van der Waals surface area contributed by atoms with Crippen molar-refractivity contribution in [3.05, 3.63) is 125 Å². The topological polar surface area (TPSA) is 93.7 Å². The molecular formula is C36H36N2O5. The zero-order valence-electron chi connectivity index (χ0n) is 24.3. The lowest BCUT2D eigenvalue weighted by molar-refractivity contribution is -0.141. The van der Waals surface area contributed by atoms with E-state index >= 15 is 0 Å². The summed E-state index contributed by atoms with van der Waals surface area (Å²) in [5, 5.41) is 6.62. The highest BCUT2D eigenvalue weighted by atomic mass is 16.5. The highest BCUT2D eigenvalue weighted by molar-refractivity contribution is 6.12. The largest absolute Gasteiger partial charge is 0.494 e. The second-order valence-electron chi connectivity index (χ2n) is 10.6. The molecule has 7 nitrogen and oxygen atoms in total. The van der Waals surface area contributed by atoms with E-state index < -0.39 is 12.0 Å². The first-order chi connectivity index (χ1) is 21.0. The van der Waals surface area contributed by atoms with E-state index in [4.69, 9.17) is 9.47 Å². The number of benzene rings is 4. The van der Waals surface area contributed by atoms with Crippen LogP contribution in [0.4, 0.5) is 11.4 Å². The number of methoxy groups -OCH3 is 1. The monoisotopic (exact) mass is 576 g/mol. The molecule has 4 aromatic carbocycles. The lowest BCUT2D eigenvalue weighted by Gasteiger charge is -2.20. The summed E-state index contributed by atoms with van der Waals surface area (Å²) < 4.78 is 11.0. The number of esters is 1. The maximum atomic E-state index is 13.2. The SMILES string of the molecule is COC(=O)C(Cc1ccc(OCCCNc2ccccc2C(=O)C2CC2)cc1)Nc1ccccc1C(=O)c1ccccc1. The van der Waals surface area contributed by atoms with Gasteiger partial charge in [0, 0.05) is 46.9 Å². The van der Waals surface area contributed by atoms with E-state index in [0.717, 1.165) is 41.8 Å². The smallest absolute Gasteiger partial charge is 0.328 e. The lowest BCUT2D eigenvalue weighted by Crippen LogP contribution is -2.33. The number of nitrogens with one attached hydrogen (secondary N) is 2. The van der Waals surface area contributed by atoms with Crippen molar-refractivity contribution >= 4 is 28.9 Å². The number of hydrogen-bond donors (Lipinski definition) is 2. The molecule has 0 spiro atoms. The van der Waals surface area contributed by atoms with E-state index in [0.29, 0.717) is 36.4 Å². The standard InChI is InChI=1S/C36H36N2O5/c1-42-36(41)33(38-32-15-8-6-13-30(32)34(39)26-10-3-2-4-11-26)24-25-16-20-28(21-17-25)43-23-9-22-37-31-14-7-5-12-29(31)35(40)27-18-19-27/h2-8,10-17,20-21,27,33,37-38H,9,18-19,22-24H2,1H3. The number of rotatable bonds is 15. The van der Waals surface area contributed by atoms with Crippen molar-refractivity contribution in [2.75, 3.05) is 30.9 Å². The van der Waals surface area contributed by atoms with Crippen molar-refractivity contribution < 1.29 is 23.9 Å². The van der Waals surface area contributed by atoms with Crippen LogP contribution >= 0.6 is 0 Å². The molecule has 43 heavy (non-hydrogen) atoms. The maximum absolute atomic E-state index is 13.2. The second-order valence-corrected chi connectivity index (χ2v) is 10.6. The van der Waals surface area contributed by atoms with Gasteiger partial charge in [-0.1, -0.05) is 66.7 Å². The molecule has 1 fully saturated rings. The minimum absolute atomic E-state index is 0.125. The minimum Gasteiger partial charge on any atom is -0.494 e. The summed E-state index contributed by atoms with van der Waals surface area (Å²) in [5.41, 5.74) is 4.20. The molecule has 220 valence electrons. The molecule has 0 radical (unpaired) electrons. The fourth-order valence-electron chi connectivity index (χ4n) is 4.94. The average Bonchev–Trinajstić information content (AvgIpc) is 3.91. The average molecular weight is 577 g/mol. The molecule has 1 aliphatic rings. The Kier molecular flexibility index (Phi) is 9.85. The van der Waals surface area contributed by atoms with Crippen molar-refractivity contribution in [3.8, 4) is 5.75 Å². The Morgan fingerprint density at radius 2 is 1.44 bits per heavy atom. The fourth-order valence-corrected chi connectivity index (χ4v) is 4.94. The van der Waals surface area contributed by atoms with Crippen LogP contribution in [0.15, 0.2) is 103 Å². The summed E-state index contributed by atoms with van der Waals surface area (Å²) in [4.78, 5) is 38.4. The highest BCUT2D eigenvalue weighted by Crippen LogP contribution is 2.34. The summed E-state index contributed by atoms with van der Waals surface area (Å²) in [6.45, 7) is 1.21. The van der Waals surface area contributed by atoms with Gasteiger partial charge in [0.15, 0.2) is 11.6 Å². The fraction of sp³-hybridized carbons (Fsp3) is 0.250. The Hall–Kier alpha value is -4.91. The van der Waals surface area contributed by atoms with Crippen LogP contribution in [0.3, 0.4) is 0 Å². The van der Waals surface area contributed by atoms with Crippen molar-refractivity contribution in [2.45, 2.75) is 31.7 Å². The Morgan fingerprint density at radius 1 is 0.791 bits per heavy atom. The number of carbonyl (C=O) groups excluding carboxylic acids is 3. The molecule has 2 N–H and O–H groups in total. The molecule has 0 saturated heterocycles. The summed E-state index contributed by atoms with van der Waals surface area (Å²) in [5.74, 6) is 0.603. The molecule has 0 heterocycles. The quantitative estimate of drug-likeness (QED) is 0.0937. The van der Waals surface area contributed by atoms with Gasteiger partial charge in [0.2, 0.25) is 0 Å². The minimum atomic E-state index is -0.692. The number of para-hydroxylation sites is 2. The van der Waals surface area contributed by atoms with Crippen LogP contribution in [0, 0.1) is 5.92 Å². The van der Waals surface area contributed by atoms with Gasteiger partial charge in [0.1, 0.15) is 11.8 Å². The first-order valence-corrected chi connectivity index (χ1v) is 14.7. The van der Waals surface area contributed by atoms with Gasteiger partial charge in [-0.05, 0) is 61.2 Å². The maximum Gasteiger partial charge on any atom is 0.328 e. The second kappa shape index (κ2) is 14.3. The van der Waals surface area contributed by atoms with E-state index in [9.17, 15) is 14.4 Å². The van der Waals surface area contributed by atoms with Gasteiger partial charge in [-0.15, -0.1) is 0 Å². The summed E-state index contributed by atoms with van der Waals surface area (Å²) in [6, 6.07) is 30.8.